The molecular formula is C10H19NO4. The lowest BCUT2D eigenvalue weighted by Gasteiger charge is -2.20. The molecule has 0 aliphatic rings. The van der Waals surface area contributed by atoms with Crippen molar-refractivity contribution < 1.29 is 19.1 Å². The number of hydrogen-bond acceptors (Lipinski definition) is 4. The lowest BCUT2D eigenvalue weighted by Crippen LogP contribution is -2.36. The zero-order valence-electron chi connectivity index (χ0n) is 9.78. The maximum Gasteiger partial charge on any atom is 0.310 e. The van der Waals surface area contributed by atoms with Gasteiger partial charge in [-0.1, -0.05) is 6.92 Å². The highest BCUT2D eigenvalue weighted by atomic mass is 16.5. The van der Waals surface area contributed by atoms with Gasteiger partial charge in [-0.3, -0.25) is 9.59 Å². The highest BCUT2D eigenvalue weighted by Gasteiger charge is 2.18. The molecule has 0 N–H and O–H groups in total. The molecule has 0 saturated carbocycles. The Morgan fingerprint density at radius 1 is 1.40 bits per heavy atom. The predicted molar refractivity (Wildman–Crippen MR) is 55.3 cm³/mol. The first-order chi connectivity index (χ1) is 7.02. The lowest BCUT2D eigenvalue weighted by molar-refractivity contribution is -0.146. The van der Waals surface area contributed by atoms with Gasteiger partial charge in [0.2, 0.25) is 5.91 Å². The average Bonchev–Trinajstić information content (AvgIpc) is 2.24. The van der Waals surface area contributed by atoms with Crippen LogP contribution < -0.4 is 0 Å². The number of likely N-dealkylation sites (N-methyl/N-ethyl adjacent to an activating group) is 1. The van der Waals surface area contributed by atoms with Gasteiger partial charge >= 0.3 is 5.97 Å². The molecule has 5 nitrogen and oxygen atoms in total. The van der Waals surface area contributed by atoms with Crippen LogP contribution in [0.1, 0.15) is 13.8 Å². The first kappa shape index (κ1) is 13.9. The summed E-state index contributed by atoms with van der Waals surface area (Å²) in [6.07, 6.45) is 0. The largest absolute Gasteiger partial charge is 0.469 e. The van der Waals surface area contributed by atoms with Gasteiger partial charge in [0, 0.05) is 20.2 Å². The molecule has 1 atom stereocenters. The van der Waals surface area contributed by atoms with Gasteiger partial charge in [-0.15, -0.1) is 0 Å². The maximum atomic E-state index is 11.4. The van der Waals surface area contributed by atoms with Crippen LogP contribution in [0.15, 0.2) is 0 Å². The van der Waals surface area contributed by atoms with Crippen molar-refractivity contribution in [1.29, 1.82) is 0 Å². The van der Waals surface area contributed by atoms with Crippen LogP contribution in [0.5, 0.6) is 0 Å². The molecule has 0 rings (SSSR count). The van der Waals surface area contributed by atoms with E-state index < -0.39 is 0 Å². The Labute approximate surface area is 90.3 Å². The molecule has 1 amide bonds. The number of ether oxygens (including phenoxy) is 2. The van der Waals surface area contributed by atoms with Gasteiger partial charge in [0.25, 0.3) is 0 Å². The topological polar surface area (TPSA) is 55.8 Å². The second kappa shape index (κ2) is 7.23. The zero-order valence-corrected chi connectivity index (χ0v) is 9.78. The van der Waals surface area contributed by atoms with Crippen molar-refractivity contribution in [2.24, 2.45) is 5.92 Å². The SMILES string of the molecule is CCOCC(=O)N(C)CC(C)C(=O)OC. The Morgan fingerprint density at radius 3 is 2.47 bits per heavy atom. The molecule has 5 heteroatoms. The van der Waals surface area contributed by atoms with E-state index in [1.165, 1.54) is 12.0 Å². The number of rotatable bonds is 6. The summed E-state index contributed by atoms with van der Waals surface area (Å²) < 4.78 is 9.54. The fraction of sp³-hybridized carbons (Fsp3) is 0.800. The number of hydrogen-bond donors (Lipinski definition) is 0. The Kier molecular flexibility index (Phi) is 6.70. The third-order valence-electron chi connectivity index (χ3n) is 2.01. The van der Waals surface area contributed by atoms with E-state index in [9.17, 15) is 9.59 Å². The second-order valence-electron chi connectivity index (χ2n) is 3.34. The first-order valence-electron chi connectivity index (χ1n) is 4.92. The quantitative estimate of drug-likeness (QED) is 0.600. The zero-order chi connectivity index (χ0) is 11.8. The van der Waals surface area contributed by atoms with E-state index in [2.05, 4.69) is 4.74 Å². The van der Waals surface area contributed by atoms with Crippen LogP contribution in [0.25, 0.3) is 0 Å². The van der Waals surface area contributed by atoms with Crippen molar-refractivity contribution in [3.05, 3.63) is 0 Å². The molecule has 0 radical (unpaired) electrons. The van der Waals surface area contributed by atoms with Gasteiger partial charge in [0.15, 0.2) is 0 Å². The number of carbonyl (C=O) groups is 2. The molecule has 88 valence electrons. The van der Waals surface area contributed by atoms with Gasteiger partial charge in [-0.05, 0) is 6.92 Å². The van der Waals surface area contributed by atoms with Gasteiger partial charge in [-0.2, -0.15) is 0 Å². The van der Waals surface area contributed by atoms with Crippen molar-refractivity contribution in [3.8, 4) is 0 Å². The predicted octanol–water partition coefficient (Wildman–Crippen LogP) is 0.290. The van der Waals surface area contributed by atoms with Crippen LogP contribution in [-0.2, 0) is 19.1 Å². The highest BCUT2D eigenvalue weighted by molar-refractivity contribution is 5.78. The number of amides is 1. The maximum absolute atomic E-state index is 11.4. The molecule has 0 aromatic carbocycles. The van der Waals surface area contributed by atoms with E-state index in [-0.39, 0.29) is 24.4 Å². The Hall–Kier alpha value is -1.10. The standard InChI is InChI=1S/C10H19NO4/c1-5-15-7-9(12)11(3)6-8(2)10(13)14-4/h8H,5-7H2,1-4H3. The van der Waals surface area contributed by atoms with Gasteiger partial charge in [-0.25, -0.2) is 0 Å². The molecule has 0 spiro atoms. The molecule has 0 saturated heterocycles. The molecule has 0 aromatic heterocycles. The van der Waals surface area contributed by atoms with E-state index in [1.54, 1.807) is 14.0 Å². The minimum absolute atomic E-state index is 0.0564. The highest BCUT2D eigenvalue weighted by Crippen LogP contribution is 2.01. The molecule has 0 aliphatic heterocycles. The fourth-order valence-corrected chi connectivity index (χ4v) is 1.09. The Morgan fingerprint density at radius 2 is 2.00 bits per heavy atom. The van der Waals surface area contributed by atoms with E-state index in [4.69, 9.17) is 4.74 Å². The molecular weight excluding hydrogens is 198 g/mol. The van der Waals surface area contributed by atoms with Crippen LogP contribution in [0.4, 0.5) is 0 Å². The summed E-state index contributed by atoms with van der Waals surface area (Å²) in [6.45, 7) is 4.45. The van der Waals surface area contributed by atoms with Gasteiger partial charge in [0.05, 0.1) is 13.0 Å². The smallest absolute Gasteiger partial charge is 0.310 e. The summed E-state index contributed by atoms with van der Waals surface area (Å²) in [6, 6.07) is 0. The van der Waals surface area contributed by atoms with Crippen molar-refractivity contribution >= 4 is 11.9 Å². The van der Waals surface area contributed by atoms with Gasteiger partial charge in [0.1, 0.15) is 6.61 Å². The Bertz CT molecular complexity index is 217. The minimum Gasteiger partial charge on any atom is -0.469 e. The average molecular weight is 217 g/mol. The summed E-state index contributed by atoms with van der Waals surface area (Å²) in [7, 11) is 2.97. The molecule has 1 unspecified atom stereocenters. The number of nitrogens with zero attached hydrogens (tertiary/aromatic N) is 1. The van der Waals surface area contributed by atoms with Crippen LogP contribution in [0.2, 0.25) is 0 Å². The minimum atomic E-state index is -0.314. The van der Waals surface area contributed by atoms with E-state index >= 15 is 0 Å². The van der Waals surface area contributed by atoms with Crippen LogP contribution in [0.3, 0.4) is 0 Å². The van der Waals surface area contributed by atoms with Crippen molar-refractivity contribution in [1.82, 2.24) is 4.90 Å². The molecule has 0 aliphatic carbocycles. The van der Waals surface area contributed by atoms with Crippen molar-refractivity contribution in [2.75, 3.05) is 33.9 Å². The first-order valence-corrected chi connectivity index (χ1v) is 4.92. The summed E-state index contributed by atoms with van der Waals surface area (Å²) in [5, 5.41) is 0. The van der Waals surface area contributed by atoms with E-state index in [0.717, 1.165) is 0 Å². The molecule has 0 heterocycles. The molecule has 15 heavy (non-hydrogen) atoms. The van der Waals surface area contributed by atoms with Crippen LogP contribution in [-0.4, -0.2) is 50.7 Å². The monoisotopic (exact) mass is 217 g/mol. The number of methoxy groups -OCH3 is 1. The van der Waals surface area contributed by atoms with E-state index in [1.807, 2.05) is 6.92 Å². The number of carbonyl (C=O) groups excluding carboxylic acids is 2. The summed E-state index contributed by atoms with van der Waals surface area (Å²) in [4.78, 5) is 24.0. The summed E-state index contributed by atoms with van der Waals surface area (Å²) in [5.74, 6) is -0.760. The van der Waals surface area contributed by atoms with Crippen molar-refractivity contribution in [3.63, 3.8) is 0 Å². The Balaban J connectivity index is 3.95. The number of esters is 1. The van der Waals surface area contributed by atoms with Crippen LogP contribution in [0, 0.1) is 5.92 Å². The molecule has 0 bridgehead atoms. The fourth-order valence-electron chi connectivity index (χ4n) is 1.09. The van der Waals surface area contributed by atoms with Gasteiger partial charge < -0.3 is 14.4 Å². The third-order valence-corrected chi connectivity index (χ3v) is 2.01. The van der Waals surface area contributed by atoms with Crippen LogP contribution >= 0.6 is 0 Å². The van der Waals surface area contributed by atoms with Crippen molar-refractivity contribution in [2.45, 2.75) is 13.8 Å². The van der Waals surface area contributed by atoms with E-state index in [0.29, 0.717) is 13.2 Å². The molecule has 0 fully saturated rings. The lowest BCUT2D eigenvalue weighted by atomic mass is 10.2. The normalized spacial score (nSPS) is 12.0. The second-order valence-corrected chi connectivity index (χ2v) is 3.34. The molecule has 0 aromatic rings. The summed E-state index contributed by atoms with van der Waals surface area (Å²) >= 11 is 0. The third kappa shape index (κ3) is 5.37. The summed E-state index contributed by atoms with van der Waals surface area (Å²) in [5.41, 5.74) is 0.